The minimum atomic E-state index is -1.12. The van der Waals surface area contributed by atoms with Crippen LogP contribution in [-0.2, 0) is 19.8 Å². The number of benzene rings is 1. The molecular formula is C14H15ClN2O3. The van der Waals surface area contributed by atoms with Crippen molar-refractivity contribution in [2.45, 2.75) is 18.4 Å². The Labute approximate surface area is 121 Å². The number of rotatable bonds is 3. The number of imide groups is 1. The fourth-order valence-electron chi connectivity index (χ4n) is 2.49. The molecule has 1 saturated heterocycles. The van der Waals surface area contributed by atoms with E-state index in [1.165, 1.54) is 7.05 Å². The lowest BCUT2D eigenvalue weighted by Crippen LogP contribution is -2.51. The second-order valence-electron chi connectivity index (χ2n) is 4.90. The van der Waals surface area contributed by atoms with Gasteiger partial charge in [-0.25, -0.2) is 0 Å². The standard InChI is InChI=1S/C14H15ClN2O3/c1-14(9-6-4-3-5-7-9)11(16-10(18)8-15)12(19)17(2)13(14)20/h3-7,11H,8H2,1-2H3,(H,16,18). The van der Waals surface area contributed by atoms with Crippen LogP contribution in [0.3, 0.4) is 0 Å². The van der Waals surface area contributed by atoms with Crippen molar-refractivity contribution in [2.75, 3.05) is 12.9 Å². The molecule has 2 atom stereocenters. The SMILES string of the molecule is CN1C(=O)C(NC(=O)CCl)C(C)(c2ccccc2)C1=O. The van der Waals surface area contributed by atoms with Gasteiger partial charge in [0.15, 0.2) is 0 Å². The van der Waals surface area contributed by atoms with Gasteiger partial charge in [0.05, 0.1) is 0 Å². The van der Waals surface area contributed by atoms with Gasteiger partial charge < -0.3 is 5.32 Å². The van der Waals surface area contributed by atoms with E-state index in [9.17, 15) is 14.4 Å². The number of likely N-dealkylation sites (tertiary alicyclic amines) is 1. The first-order chi connectivity index (χ1) is 9.42. The van der Waals surface area contributed by atoms with Gasteiger partial charge in [-0.3, -0.25) is 19.3 Å². The molecule has 20 heavy (non-hydrogen) atoms. The van der Waals surface area contributed by atoms with Crippen molar-refractivity contribution in [3.8, 4) is 0 Å². The monoisotopic (exact) mass is 294 g/mol. The zero-order valence-corrected chi connectivity index (χ0v) is 12.0. The number of hydrogen-bond acceptors (Lipinski definition) is 3. The van der Waals surface area contributed by atoms with E-state index in [0.717, 1.165) is 4.90 Å². The molecule has 1 aromatic carbocycles. The van der Waals surface area contributed by atoms with E-state index in [2.05, 4.69) is 5.32 Å². The molecule has 0 aromatic heterocycles. The molecule has 3 amide bonds. The predicted molar refractivity (Wildman–Crippen MR) is 74.2 cm³/mol. The fraction of sp³-hybridized carbons (Fsp3) is 0.357. The Morgan fingerprint density at radius 3 is 2.50 bits per heavy atom. The van der Waals surface area contributed by atoms with Gasteiger partial charge in [-0.05, 0) is 12.5 Å². The van der Waals surface area contributed by atoms with Gasteiger partial charge in [0.2, 0.25) is 11.8 Å². The van der Waals surface area contributed by atoms with Gasteiger partial charge in [0.25, 0.3) is 5.91 Å². The quantitative estimate of drug-likeness (QED) is 0.658. The minimum Gasteiger partial charge on any atom is -0.342 e. The first-order valence-corrected chi connectivity index (χ1v) is 6.69. The number of likely N-dealkylation sites (N-methyl/N-ethyl adjacent to an activating group) is 1. The van der Waals surface area contributed by atoms with E-state index in [0.29, 0.717) is 5.56 Å². The molecule has 0 saturated carbocycles. The van der Waals surface area contributed by atoms with Gasteiger partial charge in [0, 0.05) is 7.05 Å². The molecule has 6 heteroatoms. The van der Waals surface area contributed by atoms with Crippen LogP contribution in [0.15, 0.2) is 30.3 Å². The zero-order valence-electron chi connectivity index (χ0n) is 11.2. The summed E-state index contributed by atoms with van der Waals surface area (Å²) >= 11 is 5.47. The van der Waals surface area contributed by atoms with Gasteiger partial charge in [0.1, 0.15) is 17.3 Å². The normalized spacial score (nSPS) is 25.9. The fourth-order valence-corrected chi connectivity index (χ4v) is 2.57. The Kier molecular flexibility index (Phi) is 3.81. The summed E-state index contributed by atoms with van der Waals surface area (Å²) in [6.07, 6.45) is 0. The second kappa shape index (κ2) is 5.25. The number of nitrogens with one attached hydrogen (secondary N) is 1. The van der Waals surface area contributed by atoms with Crippen molar-refractivity contribution in [3.63, 3.8) is 0 Å². The second-order valence-corrected chi connectivity index (χ2v) is 5.17. The molecular weight excluding hydrogens is 280 g/mol. The highest BCUT2D eigenvalue weighted by molar-refractivity contribution is 6.27. The molecule has 0 spiro atoms. The average Bonchev–Trinajstić information content (AvgIpc) is 2.64. The minimum absolute atomic E-state index is 0.257. The van der Waals surface area contributed by atoms with Crippen molar-refractivity contribution >= 4 is 29.3 Å². The van der Waals surface area contributed by atoms with Crippen molar-refractivity contribution in [3.05, 3.63) is 35.9 Å². The van der Waals surface area contributed by atoms with E-state index in [4.69, 9.17) is 11.6 Å². The predicted octanol–water partition coefficient (Wildman–Crippen LogP) is 0.666. The number of carbonyl (C=O) groups is 3. The molecule has 2 unspecified atom stereocenters. The molecule has 1 heterocycles. The van der Waals surface area contributed by atoms with Crippen molar-refractivity contribution in [1.82, 2.24) is 10.2 Å². The van der Waals surface area contributed by atoms with Crippen LogP contribution < -0.4 is 5.32 Å². The van der Waals surface area contributed by atoms with Gasteiger partial charge in [-0.15, -0.1) is 11.6 Å². The Hall–Kier alpha value is -1.88. The van der Waals surface area contributed by atoms with E-state index >= 15 is 0 Å². The van der Waals surface area contributed by atoms with Crippen LogP contribution in [0, 0.1) is 0 Å². The van der Waals surface area contributed by atoms with Crippen LogP contribution in [0.25, 0.3) is 0 Å². The summed E-state index contributed by atoms with van der Waals surface area (Å²) in [7, 11) is 1.42. The highest BCUT2D eigenvalue weighted by atomic mass is 35.5. The molecule has 0 aliphatic carbocycles. The lowest BCUT2D eigenvalue weighted by Gasteiger charge is -2.28. The Balaban J connectivity index is 2.48. The lowest BCUT2D eigenvalue weighted by molar-refractivity contribution is -0.138. The summed E-state index contributed by atoms with van der Waals surface area (Å²) in [6.45, 7) is 1.66. The van der Waals surface area contributed by atoms with Gasteiger partial charge in [-0.1, -0.05) is 30.3 Å². The van der Waals surface area contributed by atoms with E-state index in [-0.39, 0.29) is 11.8 Å². The molecule has 0 bridgehead atoms. The van der Waals surface area contributed by atoms with E-state index < -0.39 is 23.3 Å². The van der Waals surface area contributed by atoms with E-state index in [1.807, 2.05) is 6.07 Å². The van der Waals surface area contributed by atoms with E-state index in [1.54, 1.807) is 31.2 Å². The number of halogens is 1. The number of hydrogen-bond donors (Lipinski definition) is 1. The summed E-state index contributed by atoms with van der Waals surface area (Å²) in [6, 6.07) is 8.00. The third kappa shape index (κ3) is 2.08. The molecule has 1 aliphatic rings. The number of carbonyl (C=O) groups excluding carboxylic acids is 3. The van der Waals surface area contributed by atoms with Gasteiger partial charge in [-0.2, -0.15) is 0 Å². The molecule has 1 N–H and O–H groups in total. The Morgan fingerprint density at radius 1 is 1.35 bits per heavy atom. The van der Waals surface area contributed by atoms with Crippen LogP contribution >= 0.6 is 11.6 Å². The molecule has 1 fully saturated rings. The van der Waals surface area contributed by atoms with Crippen LogP contribution in [0.1, 0.15) is 12.5 Å². The van der Waals surface area contributed by atoms with Crippen LogP contribution in [-0.4, -0.2) is 41.6 Å². The summed E-state index contributed by atoms with van der Waals surface area (Å²) < 4.78 is 0. The first-order valence-electron chi connectivity index (χ1n) is 6.15. The Bertz CT molecular complexity index is 561. The van der Waals surface area contributed by atoms with Gasteiger partial charge >= 0.3 is 0 Å². The maximum atomic E-state index is 12.4. The third-order valence-corrected chi connectivity index (χ3v) is 3.95. The highest BCUT2D eigenvalue weighted by Crippen LogP contribution is 2.35. The zero-order chi connectivity index (χ0) is 14.9. The lowest BCUT2D eigenvalue weighted by atomic mass is 9.77. The molecule has 2 rings (SSSR count). The molecule has 1 aliphatic heterocycles. The Morgan fingerprint density at radius 2 is 1.95 bits per heavy atom. The highest BCUT2D eigenvalue weighted by Gasteiger charge is 2.56. The van der Waals surface area contributed by atoms with Crippen LogP contribution in [0.5, 0.6) is 0 Å². The average molecular weight is 295 g/mol. The van der Waals surface area contributed by atoms with Crippen LogP contribution in [0.2, 0.25) is 0 Å². The van der Waals surface area contributed by atoms with Crippen molar-refractivity contribution in [2.24, 2.45) is 0 Å². The third-order valence-electron chi connectivity index (χ3n) is 3.70. The smallest absolute Gasteiger partial charge is 0.252 e. The van der Waals surface area contributed by atoms with Crippen LogP contribution in [0.4, 0.5) is 0 Å². The molecule has 106 valence electrons. The summed E-state index contributed by atoms with van der Waals surface area (Å²) in [5.74, 6) is -1.50. The molecule has 1 aromatic rings. The number of alkyl halides is 1. The maximum absolute atomic E-state index is 12.4. The molecule has 0 radical (unpaired) electrons. The summed E-state index contributed by atoms with van der Waals surface area (Å²) in [4.78, 5) is 37.2. The summed E-state index contributed by atoms with van der Waals surface area (Å²) in [5, 5.41) is 2.55. The van der Waals surface area contributed by atoms with Crippen molar-refractivity contribution in [1.29, 1.82) is 0 Å². The topological polar surface area (TPSA) is 66.5 Å². The molecule has 5 nitrogen and oxygen atoms in total. The number of nitrogens with zero attached hydrogens (tertiary/aromatic N) is 1. The largest absolute Gasteiger partial charge is 0.342 e. The van der Waals surface area contributed by atoms with Crippen molar-refractivity contribution < 1.29 is 14.4 Å². The maximum Gasteiger partial charge on any atom is 0.252 e. The first kappa shape index (κ1) is 14.5. The number of amides is 3. The summed E-state index contributed by atoms with van der Waals surface area (Å²) in [5.41, 5.74) is -0.433.